The number of hydrogen-bond acceptors (Lipinski definition) is 3. The van der Waals surface area contributed by atoms with Gasteiger partial charge in [-0.2, -0.15) is 0 Å². The number of imidazole rings is 1. The van der Waals surface area contributed by atoms with Crippen LogP contribution in [0.4, 0.5) is 4.39 Å². The van der Waals surface area contributed by atoms with Crippen molar-refractivity contribution < 1.29 is 9.13 Å². The van der Waals surface area contributed by atoms with E-state index >= 15 is 0 Å². The van der Waals surface area contributed by atoms with E-state index in [9.17, 15) is 4.39 Å². The first-order valence-electron chi connectivity index (χ1n) is 5.83. The summed E-state index contributed by atoms with van der Waals surface area (Å²) in [4.78, 5) is 7.39. The number of nitrogens with zero attached hydrogens (tertiary/aromatic N) is 1. The fourth-order valence-electron chi connectivity index (χ4n) is 1.72. The molecule has 0 aliphatic heterocycles. The largest absolute Gasteiger partial charge is 0.496 e. The Kier molecular flexibility index (Phi) is 3.94. The van der Waals surface area contributed by atoms with Gasteiger partial charge in [-0.3, -0.25) is 0 Å². The summed E-state index contributed by atoms with van der Waals surface area (Å²) < 4.78 is 18.5. The third-order valence-electron chi connectivity index (χ3n) is 2.62. The second-order valence-electron chi connectivity index (χ2n) is 3.87. The summed E-state index contributed by atoms with van der Waals surface area (Å²) in [5.74, 6) is 1.14. The number of rotatable bonds is 5. The van der Waals surface area contributed by atoms with Crippen molar-refractivity contribution in [1.82, 2.24) is 15.3 Å². The summed E-state index contributed by atoms with van der Waals surface area (Å²) in [6, 6.07) is 4.41. The number of nitrogens with one attached hydrogen (secondary N) is 2. The molecule has 96 valence electrons. The first-order chi connectivity index (χ1) is 8.74. The van der Waals surface area contributed by atoms with E-state index in [1.54, 1.807) is 19.4 Å². The molecule has 2 rings (SSSR count). The highest BCUT2D eigenvalue weighted by atomic mass is 19.1. The minimum Gasteiger partial charge on any atom is -0.496 e. The molecular formula is C13H16FN3O. The Bertz CT molecular complexity index is 525. The first-order valence-corrected chi connectivity index (χ1v) is 5.83. The molecule has 0 spiro atoms. The van der Waals surface area contributed by atoms with Crippen LogP contribution in [0.5, 0.6) is 5.75 Å². The standard InChI is InChI=1S/C13H16FN3O/c1-3-15-8-13-16-7-11(17-13)10-6-9(14)4-5-12(10)18-2/h4-7,15H,3,8H2,1-2H3,(H,16,17). The fraction of sp³-hybridized carbons (Fsp3) is 0.308. The lowest BCUT2D eigenvalue weighted by Crippen LogP contribution is -2.12. The molecule has 0 radical (unpaired) electrons. The maximum atomic E-state index is 13.3. The Hall–Kier alpha value is -1.88. The number of aromatic amines is 1. The van der Waals surface area contributed by atoms with E-state index < -0.39 is 0 Å². The molecule has 0 saturated carbocycles. The molecule has 1 heterocycles. The van der Waals surface area contributed by atoms with E-state index in [0.29, 0.717) is 17.9 Å². The summed E-state index contributed by atoms with van der Waals surface area (Å²) in [6.45, 7) is 3.56. The summed E-state index contributed by atoms with van der Waals surface area (Å²) in [5.41, 5.74) is 1.42. The number of halogens is 1. The van der Waals surface area contributed by atoms with E-state index in [1.165, 1.54) is 12.1 Å². The molecule has 18 heavy (non-hydrogen) atoms. The first kappa shape index (κ1) is 12.6. The van der Waals surface area contributed by atoms with Crippen molar-refractivity contribution in [3.63, 3.8) is 0 Å². The molecule has 5 heteroatoms. The molecule has 1 aromatic heterocycles. The van der Waals surface area contributed by atoms with Crippen LogP contribution in [0.25, 0.3) is 11.3 Å². The molecule has 0 amide bonds. The van der Waals surface area contributed by atoms with E-state index in [2.05, 4.69) is 15.3 Å². The van der Waals surface area contributed by atoms with Crippen molar-refractivity contribution in [3.8, 4) is 17.0 Å². The molecule has 0 bridgehead atoms. The molecular weight excluding hydrogens is 233 g/mol. The van der Waals surface area contributed by atoms with Crippen molar-refractivity contribution >= 4 is 0 Å². The minimum absolute atomic E-state index is 0.298. The lowest BCUT2D eigenvalue weighted by molar-refractivity contribution is 0.415. The van der Waals surface area contributed by atoms with Gasteiger partial charge in [0, 0.05) is 5.56 Å². The number of hydrogen-bond donors (Lipinski definition) is 2. The Labute approximate surface area is 105 Å². The third kappa shape index (κ3) is 2.68. The quantitative estimate of drug-likeness (QED) is 0.855. The van der Waals surface area contributed by atoms with Crippen molar-refractivity contribution in [2.75, 3.05) is 13.7 Å². The highest BCUT2D eigenvalue weighted by Gasteiger charge is 2.10. The highest BCUT2D eigenvalue weighted by Crippen LogP contribution is 2.29. The summed E-state index contributed by atoms with van der Waals surface area (Å²) in [5, 5.41) is 3.17. The highest BCUT2D eigenvalue weighted by molar-refractivity contribution is 5.66. The zero-order valence-corrected chi connectivity index (χ0v) is 10.5. The van der Waals surface area contributed by atoms with Crippen LogP contribution in [0, 0.1) is 5.82 Å². The zero-order valence-electron chi connectivity index (χ0n) is 10.5. The van der Waals surface area contributed by atoms with Crippen LogP contribution in [0.2, 0.25) is 0 Å². The van der Waals surface area contributed by atoms with Gasteiger partial charge in [0.15, 0.2) is 0 Å². The molecule has 0 atom stereocenters. The Balaban J connectivity index is 2.30. The topological polar surface area (TPSA) is 49.9 Å². The lowest BCUT2D eigenvalue weighted by atomic mass is 10.1. The Morgan fingerprint density at radius 1 is 1.44 bits per heavy atom. The van der Waals surface area contributed by atoms with Gasteiger partial charge in [0.25, 0.3) is 0 Å². The predicted molar refractivity (Wildman–Crippen MR) is 67.9 cm³/mol. The normalized spacial score (nSPS) is 10.6. The molecule has 0 unspecified atom stereocenters. The number of ether oxygens (including phenoxy) is 1. The van der Waals surface area contributed by atoms with E-state index in [0.717, 1.165) is 18.1 Å². The number of methoxy groups -OCH3 is 1. The maximum Gasteiger partial charge on any atom is 0.128 e. The van der Waals surface area contributed by atoms with Gasteiger partial charge in [-0.1, -0.05) is 6.92 Å². The van der Waals surface area contributed by atoms with Crippen LogP contribution in [0.3, 0.4) is 0 Å². The number of H-pyrrole nitrogens is 1. The molecule has 2 aromatic rings. The van der Waals surface area contributed by atoms with Crippen LogP contribution in [0.1, 0.15) is 12.7 Å². The van der Waals surface area contributed by atoms with Gasteiger partial charge in [-0.25, -0.2) is 9.37 Å². The monoisotopic (exact) mass is 249 g/mol. The van der Waals surface area contributed by atoms with Crippen LogP contribution >= 0.6 is 0 Å². The van der Waals surface area contributed by atoms with Crippen molar-refractivity contribution in [1.29, 1.82) is 0 Å². The summed E-state index contributed by atoms with van der Waals surface area (Å²) >= 11 is 0. The van der Waals surface area contributed by atoms with Crippen LogP contribution in [-0.2, 0) is 6.54 Å². The van der Waals surface area contributed by atoms with Gasteiger partial charge in [0.2, 0.25) is 0 Å². The molecule has 0 aliphatic rings. The summed E-state index contributed by atoms with van der Waals surface area (Å²) in [6.07, 6.45) is 1.68. The molecule has 4 nitrogen and oxygen atoms in total. The number of benzene rings is 1. The minimum atomic E-state index is -0.298. The Morgan fingerprint density at radius 3 is 3.00 bits per heavy atom. The SMILES string of the molecule is CCNCc1ncc(-c2cc(F)ccc2OC)[nH]1. The van der Waals surface area contributed by atoms with Gasteiger partial charge in [0.1, 0.15) is 17.4 Å². The molecule has 0 aliphatic carbocycles. The van der Waals surface area contributed by atoms with E-state index in [4.69, 9.17) is 4.74 Å². The molecule has 0 fully saturated rings. The molecule has 1 aromatic carbocycles. The van der Waals surface area contributed by atoms with E-state index in [-0.39, 0.29) is 5.82 Å². The van der Waals surface area contributed by atoms with Crippen molar-refractivity contribution in [3.05, 3.63) is 36.0 Å². The second kappa shape index (κ2) is 5.64. The van der Waals surface area contributed by atoms with Gasteiger partial charge in [-0.05, 0) is 24.7 Å². The lowest BCUT2D eigenvalue weighted by Gasteiger charge is -2.06. The van der Waals surface area contributed by atoms with E-state index in [1.807, 2.05) is 6.92 Å². The smallest absolute Gasteiger partial charge is 0.128 e. The van der Waals surface area contributed by atoms with Gasteiger partial charge in [-0.15, -0.1) is 0 Å². The Morgan fingerprint density at radius 2 is 2.28 bits per heavy atom. The van der Waals surface area contributed by atoms with Crippen LogP contribution in [-0.4, -0.2) is 23.6 Å². The average Bonchev–Trinajstić information content (AvgIpc) is 2.85. The maximum absolute atomic E-state index is 13.3. The third-order valence-corrected chi connectivity index (χ3v) is 2.62. The second-order valence-corrected chi connectivity index (χ2v) is 3.87. The predicted octanol–water partition coefficient (Wildman–Crippen LogP) is 2.33. The van der Waals surface area contributed by atoms with Gasteiger partial charge in [0.05, 0.1) is 25.5 Å². The molecule has 2 N–H and O–H groups in total. The zero-order chi connectivity index (χ0) is 13.0. The fourth-order valence-corrected chi connectivity index (χ4v) is 1.72. The van der Waals surface area contributed by atoms with Crippen molar-refractivity contribution in [2.24, 2.45) is 0 Å². The average molecular weight is 249 g/mol. The summed E-state index contributed by atoms with van der Waals surface area (Å²) in [7, 11) is 1.56. The van der Waals surface area contributed by atoms with Gasteiger partial charge < -0.3 is 15.0 Å². The van der Waals surface area contributed by atoms with Gasteiger partial charge >= 0.3 is 0 Å². The van der Waals surface area contributed by atoms with Crippen LogP contribution in [0.15, 0.2) is 24.4 Å². The van der Waals surface area contributed by atoms with Crippen molar-refractivity contribution in [2.45, 2.75) is 13.5 Å². The van der Waals surface area contributed by atoms with Crippen LogP contribution < -0.4 is 10.1 Å². The number of aromatic nitrogens is 2. The molecule has 0 saturated heterocycles.